The van der Waals surface area contributed by atoms with E-state index in [1.807, 2.05) is 0 Å². The van der Waals surface area contributed by atoms with Gasteiger partial charge < -0.3 is 9.84 Å². The van der Waals surface area contributed by atoms with E-state index in [9.17, 15) is 9.90 Å². The van der Waals surface area contributed by atoms with Gasteiger partial charge in [-0.05, 0) is 75.2 Å². The summed E-state index contributed by atoms with van der Waals surface area (Å²) >= 11 is 0. The first-order valence-corrected chi connectivity index (χ1v) is 9.30. The van der Waals surface area contributed by atoms with E-state index in [2.05, 4.69) is 48.4 Å². The number of benzene rings is 2. The van der Waals surface area contributed by atoms with E-state index in [-0.39, 0.29) is 12.4 Å². The molecular weight excluding hydrogens is 340 g/mol. The molecular formula is C22H27N2O3+. The largest absolute Gasteiger partial charge is 0.491 e. The molecule has 3 aromatic rings. The number of carbonyl (C=O) groups is 1. The van der Waals surface area contributed by atoms with Crippen LogP contribution in [-0.2, 0) is 13.1 Å². The van der Waals surface area contributed by atoms with Crippen molar-refractivity contribution >= 4 is 16.8 Å². The molecule has 1 heterocycles. The van der Waals surface area contributed by atoms with Crippen LogP contribution in [0.2, 0.25) is 0 Å². The Morgan fingerprint density at radius 1 is 1.19 bits per heavy atom. The molecule has 0 aliphatic rings. The number of rotatable bonds is 7. The van der Waals surface area contributed by atoms with E-state index >= 15 is 0 Å². The summed E-state index contributed by atoms with van der Waals surface area (Å²) in [5.74, 6) is 0.669. The van der Waals surface area contributed by atoms with E-state index in [4.69, 9.17) is 4.74 Å². The third-order valence-electron chi connectivity index (χ3n) is 4.94. The van der Waals surface area contributed by atoms with Crippen LogP contribution in [0.3, 0.4) is 0 Å². The standard InChI is InChI=1S/C22H27N2O3/c1-5-23-14-24(22-11-16(3)15(2)10-21(22)23)12-19(26)13-27-20-8-6-18(7-9-20)17(4)25/h6-11,14,19,26H,5,12-13H2,1-4H3/q+1/t19-/m0/s1. The minimum Gasteiger partial charge on any atom is -0.491 e. The lowest BCUT2D eigenvalue weighted by Crippen LogP contribution is -2.41. The van der Waals surface area contributed by atoms with E-state index < -0.39 is 6.10 Å². The number of aryl methyl sites for hydroxylation is 3. The van der Waals surface area contributed by atoms with Crippen molar-refractivity contribution in [2.45, 2.75) is 46.9 Å². The van der Waals surface area contributed by atoms with Crippen LogP contribution in [0.5, 0.6) is 5.75 Å². The molecule has 0 saturated carbocycles. The fourth-order valence-electron chi connectivity index (χ4n) is 3.19. The fraction of sp³-hybridized carbons (Fsp3) is 0.364. The van der Waals surface area contributed by atoms with Crippen LogP contribution >= 0.6 is 0 Å². The summed E-state index contributed by atoms with van der Waals surface area (Å²) in [6.45, 7) is 9.39. The van der Waals surface area contributed by atoms with Crippen molar-refractivity contribution in [1.29, 1.82) is 0 Å². The molecule has 0 aliphatic heterocycles. The minimum absolute atomic E-state index is 0.0239. The van der Waals surface area contributed by atoms with Crippen molar-refractivity contribution in [3.05, 3.63) is 59.4 Å². The van der Waals surface area contributed by atoms with Crippen molar-refractivity contribution in [3.8, 4) is 5.75 Å². The van der Waals surface area contributed by atoms with Crippen LogP contribution in [0.15, 0.2) is 42.7 Å². The molecule has 0 bridgehead atoms. The van der Waals surface area contributed by atoms with E-state index in [1.165, 1.54) is 23.6 Å². The number of nitrogens with zero attached hydrogens (tertiary/aromatic N) is 2. The Balaban J connectivity index is 1.71. The molecule has 0 radical (unpaired) electrons. The van der Waals surface area contributed by atoms with Crippen LogP contribution < -0.4 is 9.30 Å². The normalized spacial score (nSPS) is 12.3. The van der Waals surface area contributed by atoms with Crippen molar-refractivity contribution in [2.75, 3.05) is 6.61 Å². The monoisotopic (exact) mass is 367 g/mol. The number of aromatic nitrogens is 2. The Bertz CT molecular complexity index is 958. The summed E-state index contributed by atoms with van der Waals surface area (Å²) in [4.78, 5) is 11.3. The van der Waals surface area contributed by atoms with Gasteiger partial charge in [-0.3, -0.25) is 4.79 Å². The molecule has 27 heavy (non-hydrogen) atoms. The highest BCUT2D eigenvalue weighted by molar-refractivity contribution is 5.94. The zero-order chi connectivity index (χ0) is 19.6. The number of carbonyl (C=O) groups excluding carboxylic acids is 1. The number of aliphatic hydroxyl groups is 1. The Morgan fingerprint density at radius 2 is 1.85 bits per heavy atom. The number of hydrogen-bond donors (Lipinski definition) is 1. The molecule has 5 heteroatoms. The number of fused-ring (bicyclic) bond motifs is 1. The maximum Gasteiger partial charge on any atom is 0.244 e. The second-order valence-electron chi connectivity index (χ2n) is 7.02. The van der Waals surface area contributed by atoms with Gasteiger partial charge in [0.1, 0.15) is 25.0 Å². The molecule has 1 N–H and O–H groups in total. The molecule has 3 rings (SSSR count). The minimum atomic E-state index is -0.639. The molecule has 0 fully saturated rings. The quantitative estimate of drug-likeness (QED) is 0.515. The molecule has 0 saturated heterocycles. The van der Waals surface area contributed by atoms with Crippen LogP contribution in [-0.4, -0.2) is 28.2 Å². The van der Waals surface area contributed by atoms with Gasteiger partial charge >= 0.3 is 0 Å². The summed E-state index contributed by atoms with van der Waals surface area (Å²) in [6, 6.07) is 11.4. The summed E-state index contributed by atoms with van der Waals surface area (Å²) in [6.07, 6.45) is 1.41. The number of ketones is 1. The van der Waals surface area contributed by atoms with Gasteiger partial charge in [0, 0.05) is 5.56 Å². The second kappa shape index (κ2) is 7.92. The maximum absolute atomic E-state index is 11.3. The highest BCUT2D eigenvalue weighted by atomic mass is 16.5. The highest BCUT2D eigenvalue weighted by Crippen LogP contribution is 2.18. The predicted octanol–water partition coefficient (Wildman–Crippen LogP) is 3.21. The number of hydrogen-bond acceptors (Lipinski definition) is 3. The Morgan fingerprint density at radius 3 is 2.48 bits per heavy atom. The predicted molar refractivity (Wildman–Crippen MR) is 105 cm³/mol. The topological polar surface area (TPSA) is 55.3 Å². The molecule has 0 aliphatic carbocycles. The lowest BCUT2D eigenvalue weighted by atomic mass is 10.1. The van der Waals surface area contributed by atoms with E-state index in [0.717, 1.165) is 12.1 Å². The van der Waals surface area contributed by atoms with Gasteiger partial charge in [-0.1, -0.05) is 0 Å². The van der Waals surface area contributed by atoms with Gasteiger partial charge in [0.15, 0.2) is 16.8 Å². The number of imidazole rings is 1. The van der Waals surface area contributed by atoms with Crippen molar-refractivity contribution in [3.63, 3.8) is 0 Å². The maximum atomic E-state index is 11.3. The van der Waals surface area contributed by atoms with Crippen molar-refractivity contribution in [1.82, 2.24) is 4.57 Å². The van der Waals surface area contributed by atoms with Crippen molar-refractivity contribution in [2.24, 2.45) is 0 Å². The summed E-state index contributed by atoms with van der Waals surface area (Å²) < 4.78 is 9.95. The van der Waals surface area contributed by atoms with Gasteiger partial charge in [0.25, 0.3) is 0 Å². The first-order valence-electron chi connectivity index (χ1n) is 9.30. The first-order chi connectivity index (χ1) is 12.9. The number of Topliss-reactive ketones (excluding diaryl/α,β-unsaturated/α-hetero) is 1. The van der Waals surface area contributed by atoms with Crippen LogP contribution in [0.1, 0.15) is 35.3 Å². The smallest absolute Gasteiger partial charge is 0.244 e. The van der Waals surface area contributed by atoms with Gasteiger partial charge in [-0.2, -0.15) is 0 Å². The molecule has 2 aromatic carbocycles. The average molecular weight is 367 g/mol. The van der Waals surface area contributed by atoms with E-state index in [1.54, 1.807) is 24.3 Å². The molecule has 142 valence electrons. The van der Waals surface area contributed by atoms with Gasteiger partial charge in [0.05, 0.1) is 6.54 Å². The lowest BCUT2D eigenvalue weighted by Gasteiger charge is -2.11. The molecule has 0 amide bonds. The van der Waals surface area contributed by atoms with Gasteiger partial charge in [-0.15, -0.1) is 0 Å². The Hall–Kier alpha value is -2.66. The van der Waals surface area contributed by atoms with Crippen LogP contribution in [0.25, 0.3) is 11.0 Å². The Kier molecular flexibility index (Phi) is 5.61. The van der Waals surface area contributed by atoms with Crippen LogP contribution in [0.4, 0.5) is 0 Å². The Labute approximate surface area is 159 Å². The lowest BCUT2D eigenvalue weighted by molar-refractivity contribution is -0.679. The highest BCUT2D eigenvalue weighted by Gasteiger charge is 2.19. The summed E-state index contributed by atoms with van der Waals surface area (Å²) in [5.41, 5.74) is 5.44. The third-order valence-corrected chi connectivity index (χ3v) is 4.94. The molecule has 1 atom stereocenters. The average Bonchev–Trinajstić information content (AvgIpc) is 2.97. The number of aliphatic hydroxyl groups excluding tert-OH is 1. The SMILES string of the molecule is CCn1c[n+](C[C@H](O)COc2ccc(C(C)=O)cc2)c2cc(C)c(C)cc21. The molecule has 5 nitrogen and oxygen atoms in total. The second-order valence-corrected chi connectivity index (χ2v) is 7.02. The zero-order valence-corrected chi connectivity index (χ0v) is 16.4. The third kappa shape index (κ3) is 4.19. The summed E-state index contributed by atoms with van der Waals surface area (Å²) in [7, 11) is 0. The summed E-state index contributed by atoms with van der Waals surface area (Å²) in [5, 5.41) is 10.5. The molecule has 0 spiro atoms. The van der Waals surface area contributed by atoms with Gasteiger partial charge in [-0.25, -0.2) is 9.13 Å². The zero-order valence-electron chi connectivity index (χ0n) is 16.4. The van der Waals surface area contributed by atoms with Crippen molar-refractivity contribution < 1.29 is 19.2 Å². The van der Waals surface area contributed by atoms with Crippen LogP contribution in [0, 0.1) is 13.8 Å². The van der Waals surface area contributed by atoms with Gasteiger partial charge in [0.2, 0.25) is 6.33 Å². The fourth-order valence-corrected chi connectivity index (χ4v) is 3.19. The number of ether oxygens (including phenoxy) is 1. The van der Waals surface area contributed by atoms with E-state index in [0.29, 0.717) is 17.9 Å². The molecule has 1 aromatic heterocycles. The molecule has 0 unspecified atom stereocenters. The first kappa shape index (κ1) is 19.1.